The van der Waals surface area contributed by atoms with Crippen molar-refractivity contribution in [3.05, 3.63) is 29.8 Å². The zero-order valence-electron chi connectivity index (χ0n) is 10.5. The summed E-state index contributed by atoms with van der Waals surface area (Å²) < 4.78 is 5.38. The number of aliphatic hydroxyl groups excluding tert-OH is 1. The molecule has 1 aromatic rings. The third-order valence-corrected chi connectivity index (χ3v) is 2.32. The van der Waals surface area contributed by atoms with Crippen molar-refractivity contribution in [1.82, 2.24) is 4.90 Å². The highest BCUT2D eigenvalue weighted by atomic mass is 16.5. The molecular formula is C13H19NO3. The lowest BCUT2D eigenvalue weighted by atomic mass is 10.2. The van der Waals surface area contributed by atoms with Crippen LogP contribution in [0, 0.1) is 6.92 Å². The molecule has 0 bridgehead atoms. The van der Waals surface area contributed by atoms with Gasteiger partial charge in [0.15, 0.2) is 6.61 Å². The Hall–Kier alpha value is -1.55. The molecule has 1 N–H and O–H groups in total. The fourth-order valence-electron chi connectivity index (χ4n) is 1.46. The van der Waals surface area contributed by atoms with Crippen LogP contribution in [0.1, 0.15) is 12.5 Å². The van der Waals surface area contributed by atoms with Crippen LogP contribution in [0.25, 0.3) is 0 Å². The summed E-state index contributed by atoms with van der Waals surface area (Å²) >= 11 is 0. The SMILES string of the molecule is Cc1cccc(OCC(=O)N(C)CC(C)O)c1. The normalized spacial score (nSPS) is 12.0. The number of aliphatic hydroxyl groups is 1. The van der Waals surface area contributed by atoms with Gasteiger partial charge < -0.3 is 14.7 Å². The molecule has 0 aromatic heterocycles. The summed E-state index contributed by atoms with van der Waals surface area (Å²) in [6.07, 6.45) is -0.525. The molecule has 0 heterocycles. The summed E-state index contributed by atoms with van der Waals surface area (Å²) in [5.41, 5.74) is 1.09. The average Bonchev–Trinajstić information content (AvgIpc) is 2.25. The summed E-state index contributed by atoms with van der Waals surface area (Å²) in [6, 6.07) is 7.54. The average molecular weight is 237 g/mol. The standard InChI is InChI=1S/C13H19NO3/c1-10-5-4-6-12(7-10)17-9-13(16)14(3)8-11(2)15/h4-7,11,15H,8-9H2,1-3H3. The summed E-state index contributed by atoms with van der Waals surface area (Å²) in [5, 5.41) is 9.16. The fraction of sp³-hybridized carbons (Fsp3) is 0.462. The number of likely N-dealkylation sites (N-methyl/N-ethyl adjacent to an activating group) is 1. The summed E-state index contributed by atoms with van der Waals surface area (Å²) in [7, 11) is 1.65. The Morgan fingerprint density at radius 2 is 2.24 bits per heavy atom. The van der Waals surface area contributed by atoms with E-state index in [1.807, 2.05) is 31.2 Å². The monoisotopic (exact) mass is 237 g/mol. The van der Waals surface area contributed by atoms with Gasteiger partial charge in [-0.15, -0.1) is 0 Å². The Kier molecular flexibility index (Phi) is 4.97. The number of amides is 1. The molecule has 0 aliphatic heterocycles. The highest BCUT2D eigenvalue weighted by Gasteiger charge is 2.11. The van der Waals surface area contributed by atoms with Crippen molar-refractivity contribution in [3.8, 4) is 5.75 Å². The number of aryl methyl sites for hydroxylation is 1. The fourth-order valence-corrected chi connectivity index (χ4v) is 1.46. The van der Waals surface area contributed by atoms with E-state index >= 15 is 0 Å². The molecule has 17 heavy (non-hydrogen) atoms. The molecule has 4 heteroatoms. The molecule has 0 aliphatic rings. The number of hydrogen-bond donors (Lipinski definition) is 1. The Bertz CT molecular complexity index is 377. The molecule has 1 unspecified atom stereocenters. The van der Waals surface area contributed by atoms with Gasteiger partial charge in [0.05, 0.1) is 6.10 Å². The Labute approximate surface area is 102 Å². The largest absolute Gasteiger partial charge is 0.484 e. The smallest absolute Gasteiger partial charge is 0.260 e. The number of rotatable bonds is 5. The van der Waals surface area contributed by atoms with E-state index in [-0.39, 0.29) is 12.5 Å². The van der Waals surface area contributed by atoms with Gasteiger partial charge in [0.1, 0.15) is 5.75 Å². The molecular weight excluding hydrogens is 218 g/mol. The maximum atomic E-state index is 11.6. The first-order valence-corrected chi connectivity index (χ1v) is 5.60. The lowest BCUT2D eigenvalue weighted by Crippen LogP contribution is -2.36. The number of carbonyl (C=O) groups is 1. The predicted molar refractivity (Wildman–Crippen MR) is 66.0 cm³/mol. The van der Waals surface area contributed by atoms with Crippen LogP contribution >= 0.6 is 0 Å². The minimum Gasteiger partial charge on any atom is -0.484 e. The summed E-state index contributed by atoms with van der Waals surface area (Å²) in [5.74, 6) is 0.538. The molecule has 0 radical (unpaired) electrons. The van der Waals surface area contributed by atoms with E-state index in [1.165, 1.54) is 4.90 Å². The molecule has 1 aromatic carbocycles. The molecule has 1 rings (SSSR count). The van der Waals surface area contributed by atoms with Crippen molar-refractivity contribution in [2.45, 2.75) is 20.0 Å². The minimum atomic E-state index is -0.525. The van der Waals surface area contributed by atoms with Gasteiger partial charge >= 0.3 is 0 Å². The molecule has 0 saturated carbocycles. The van der Waals surface area contributed by atoms with Crippen LogP contribution in [0.5, 0.6) is 5.75 Å². The van der Waals surface area contributed by atoms with Crippen molar-refractivity contribution in [3.63, 3.8) is 0 Å². The quantitative estimate of drug-likeness (QED) is 0.837. The summed E-state index contributed by atoms with van der Waals surface area (Å²) in [6.45, 7) is 3.92. The van der Waals surface area contributed by atoms with Crippen molar-refractivity contribution < 1.29 is 14.6 Å². The maximum Gasteiger partial charge on any atom is 0.260 e. The first kappa shape index (κ1) is 13.5. The van der Waals surface area contributed by atoms with Crippen molar-refractivity contribution in [1.29, 1.82) is 0 Å². The van der Waals surface area contributed by atoms with E-state index < -0.39 is 6.10 Å². The number of nitrogens with zero attached hydrogens (tertiary/aromatic N) is 1. The van der Waals surface area contributed by atoms with E-state index in [0.29, 0.717) is 12.3 Å². The van der Waals surface area contributed by atoms with Crippen molar-refractivity contribution >= 4 is 5.91 Å². The topological polar surface area (TPSA) is 49.8 Å². The molecule has 0 spiro atoms. The molecule has 0 fully saturated rings. The zero-order valence-corrected chi connectivity index (χ0v) is 10.5. The lowest BCUT2D eigenvalue weighted by Gasteiger charge is -2.18. The molecule has 1 amide bonds. The molecule has 0 aliphatic carbocycles. The van der Waals surface area contributed by atoms with E-state index in [0.717, 1.165) is 5.56 Å². The third-order valence-electron chi connectivity index (χ3n) is 2.32. The zero-order chi connectivity index (χ0) is 12.8. The van der Waals surface area contributed by atoms with Crippen LogP contribution in [-0.4, -0.2) is 42.2 Å². The van der Waals surface area contributed by atoms with Gasteiger partial charge in [0.2, 0.25) is 0 Å². The number of benzene rings is 1. The Morgan fingerprint density at radius 1 is 1.53 bits per heavy atom. The Morgan fingerprint density at radius 3 is 2.82 bits per heavy atom. The number of carbonyl (C=O) groups excluding carboxylic acids is 1. The first-order chi connectivity index (χ1) is 7.99. The summed E-state index contributed by atoms with van der Waals surface area (Å²) in [4.78, 5) is 13.1. The van der Waals surface area contributed by atoms with Gasteiger partial charge in [0.25, 0.3) is 5.91 Å². The third kappa shape index (κ3) is 4.87. The van der Waals surface area contributed by atoms with Gasteiger partial charge in [-0.05, 0) is 31.5 Å². The minimum absolute atomic E-state index is 0.00727. The van der Waals surface area contributed by atoms with Gasteiger partial charge in [-0.3, -0.25) is 4.79 Å². The van der Waals surface area contributed by atoms with Gasteiger partial charge in [-0.1, -0.05) is 12.1 Å². The van der Waals surface area contributed by atoms with Gasteiger partial charge in [0, 0.05) is 13.6 Å². The number of hydrogen-bond acceptors (Lipinski definition) is 3. The van der Waals surface area contributed by atoms with E-state index in [4.69, 9.17) is 9.84 Å². The van der Waals surface area contributed by atoms with Gasteiger partial charge in [-0.2, -0.15) is 0 Å². The molecule has 1 atom stereocenters. The number of ether oxygens (including phenoxy) is 1. The van der Waals surface area contributed by atoms with Crippen LogP contribution in [0.2, 0.25) is 0 Å². The van der Waals surface area contributed by atoms with Crippen LogP contribution in [0.4, 0.5) is 0 Å². The highest BCUT2D eigenvalue weighted by Crippen LogP contribution is 2.12. The van der Waals surface area contributed by atoms with Crippen LogP contribution in [0.3, 0.4) is 0 Å². The van der Waals surface area contributed by atoms with Crippen molar-refractivity contribution in [2.24, 2.45) is 0 Å². The predicted octanol–water partition coefficient (Wildman–Crippen LogP) is 1.21. The van der Waals surface area contributed by atoms with Crippen LogP contribution in [0.15, 0.2) is 24.3 Å². The van der Waals surface area contributed by atoms with Gasteiger partial charge in [-0.25, -0.2) is 0 Å². The lowest BCUT2D eigenvalue weighted by molar-refractivity contribution is -0.133. The molecule has 94 valence electrons. The van der Waals surface area contributed by atoms with E-state index in [1.54, 1.807) is 14.0 Å². The Balaban J connectivity index is 2.43. The van der Waals surface area contributed by atoms with E-state index in [2.05, 4.69) is 0 Å². The molecule has 4 nitrogen and oxygen atoms in total. The second-order valence-electron chi connectivity index (χ2n) is 4.23. The van der Waals surface area contributed by atoms with Crippen LogP contribution < -0.4 is 4.74 Å². The second-order valence-corrected chi connectivity index (χ2v) is 4.23. The highest BCUT2D eigenvalue weighted by molar-refractivity contribution is 5.77. The maximum absolute atomic E-state index is 11.6. The first-order valence-electron chi connectivity index (χ1n) is 5.60. The van der Waals surface area contributed by atoms with Crippen molar-refractivity contribution in [2.75, 3.05) is 20.2 Å². The van der Waals surface area contributed by atoms with E-state index in [9.17, 15) is 4.79 Å². The second kappa shape index (κ2) is 6.25. The molecule has 0 saturated heterocycles. The van der Waals surface area contributed by atoms with Crippen LogP contribution in [-0.2, 0) is 4.79 Å².